The van der Waals surface area contributed by atoms with Gasteiger partial charge in [-0.25, -0.2) is 8.78 Å². The fraction of sp³-hybridized carbons (Fsp3) is 0.280. The van der Waals surface area contributed by atoms with Crippen LogP contribution in [-0.4, -0.2) is 43.6 Å². The summed E-state index contributed by atoms with van der Waals surface area (Å²) in [5.74, 6) is -1.16. The number of rotatable bonds is 4. The Balaban J connectivity index is 1.83. The molecule has 1 aliphatic rings. The monoisotopic (exact) mass is 467 g/mol. The van der Waals surface area contributed by atoms with Crippen molar-refractivity contribution in [2.45, 2.75) is 19.4 Å². The lowest BCUT2D eigenvalue weighted by molar-refractivity contribution is 0.0712. The molecule has 1 fully saturated rings. The van der Waals surface area contributed by atoms with Crippen LogP contribution < -0.4 is 10.1 Å². The van der Waals surface area contributed by atoms with Crippen molar-refractivity contribution >= 4 is 17.2 Å². The smallest absolute Gasteiger partial charge is 0.264 e. The minimum absolute atomic E-state index is 0.0276. The first-order valence-electron chi connectivity index (χ1n) is 10.6. The summed E-state index contributed by atoms with van der Waals surface area (Å²) in [7, 11) is 1.39. The molecule has 4 rings (SSSR count). The number of halogens is 2. The van der Waals surface area contributed by atoms with Crippen LogP contribution in [0, 0.1) is 23.0 Å². The lowest BCUT2D eigenvalue weighted by atomic mass is 10.0. The van der Waals surface area contributed by atoms with Gasteiger partial charge in [0.1, 0.15) is 11.9 Å². The zero-order valence-electron chi connectivity index (χ0n) is 18.3. The number of carbonyl (C=O) groups is 1. The zero-order valence-corrected chi connectivity index (χ0v) is 19.1. The highest BCUT2D eigenvalue weighted by Crippen LogP contribution is 2.41. The van der Waals surface area contributed by atoms with Gasteiger partial charge in [-0.1, -0.05) is 6.07 Å². The van der Waals surface area contributed by atoms with Gasteiger partial charge in [-0.2, -0.15) is 5.26 Å². The minimum atomic E-state index is -0.645. The average Bonchev–Trinajstić information content (AvgIpc) is 3.15. The van der Waals surface area contributed by atoms with Gasteiger partial charge in [0.15, 0.2) is 11.6 Å². The molecule has 170 valence electrons. The third-order valence-corrected chi connectivity index (χ3v) is 6.91. The van der Waals surface area contributed by atoms with Crippen molar-refractivity contribution in [1.29, 1.82) is 5.26 Å². The van der Waals surface area contributed by atoms with Gasteiger partial charge in [0.2, 0.25) is 0 Å². The number of nitrogens with one attached hydrogen (secondary N) is 1. The molecule has 0 aliphatic carbocycles. The molecule has 0 saturated carbocycles. The first-order valence-corrected chi connectivity index (χ1v) is 11.4. The van der Waals surface area contributed by atoms with Crippen LogP contribution >= 0.6 is 11.3 Å². The molecular weight excluding hydrogens is 444 g/mol. The van der Waals surface area contributed by atoms with Gasteiger partial charge < -0.3 is 15.0 Å². The molecular formula is C25H23F2N3O2S. The zero-order chi connectivity index (χ0) is 23.5. The Morgan fingerprint density at radius 1 is 1.18 bits per heavy atom. The summed E-state index contributed by atoms with van der Waals surface area (Å²) in [6.07, 6.45) is 0.853. The first kappa shape index (κ1) is 22.9. The van der Waals surface area contributed by atoms with Gasteiger partial charge in [0.25, 0.3) is 5.91 Å². The molecule has 1 atom stereocenters. The number of hydrogen-bond donors (Lipinski definition) is 1. The maximum absolute atomic E-state index is 14.5. The second-order valence-corrected chi connectivity index (χ2v) is 8.97. The van der Waals surface area contributed by atoms with Gasteiger partial charge in [0.05, 0.1) is 17.6 Å². The summed E-state index contributed by atoms with van der Waals surface area (Å²) in [5, 5.41) is 12.4. The quantitative estimate of drug-likeness (QED) is 0.582. The summed E-state index contributed by atoms with van der Waals surface area (Å²) >= 11 is 1.25. The number of hydrogen-bond acceptors (Lipinski definition) is 5. The summed E-state index contributed by atoms with van der Waals surface area (Å²) < 4.78 is 33.9. The topological polar surface area (TPSA) is 65.4 Å². The van der Waals surface area contributed by atoms with Crippen LogP contribution in [0.25, 0.3) is 21.6 Å². The van der Waals surface area contributed by atoms with Crippen LogP contribution in [0.3, 0.4) is 0 Å². The molecule has 1 aliphatic heterocycles. The van der Waals surface area contributed by atoms with E-state index < -0.39 is 11.6 Å². The Kier molecular flexibility index (Phi) is 6.72. The molecule has 1 amide bonds. The maximum Gasteiger partial charge on any atom is 0.264 e. The Bertz CT molecular complexity index is 1230. The SMILES string of the molecule is COc1ccc(-c2sc(C(=O)N3CCCNC[C@H]3C)cc2-c2ccc(C#N)c(F)c2)cc1F. The van der Waals surface area contributed by atoms with E-state index in [9.17, 15) is 13.6 Å². The predicted molar refractivity (Wildman–Crippen MR) is 124 cm³/mol. The van der Waals surface area contributed by atoms with Crippen molar-refractivity contribution in [1.82, 2.24) is 10.2 Å². The first-order chi connectivity index (χ1) is 15.9. The summed E-state index contributed by atoms with van der Waals surface area (Å²) in [6.45, 7) is 4.20. The van der Waals surface area contributed by atoms with E-state index >= 15 is 0 Å². The summed E-state index contributed by atoms with van der Waals surface area (Å²) in [6, 6.07) is 12.5. The predicted octanol–water partition coefficient (Wildman–Crippen LogP) is 5.06. The Labute approximate surface area is 195 Å². The highest BCUT2D eigenvalue weighted by atomic mass is 32.1. The fourth-order valence-corrected chi connectivity index (χ4v) is 5.10. The molecule has 2 heterocycles. The molecule has 0 radical (unpaired) electrons. The van der Waals surface area contributed by atoms with E-state index in [0.29, 0.717) is 39.5 Å². The lowest BCUT2D eigenvalue weighted by Crippen LogP contribution is -2.41. The number of thiophene rings is 1. The number of carbonyl (C=O) groups excluding carboxylic acids is 1. The molecule has 33 heavy (non-hydrogen) atoms. The maximum atomic E-state index is 14.5. The van der Waals surface area contributed by atoms with Crippen LogP contribution in [0.2, 0.25) is 0 Å². The largest absolute Gasteiger partial charge is 0.494 e. The third-order valence-electron chi connectivity index (χ3n) is 5.74. The minimum Gasteiger partial charge on any atom is -0.494 e. The van der Waals surface area contributed by atoms with Crippen LogP contribution in [0.1, 0.15) is 28.6 Å². The fourth-order valence-electron chi connectivity index (χ4n) is 3.97. The normalized spacial score (nSPS) is 16.2. The molecule has 1 aromatic heterocycles. The Hall–Kier alpha value is -3.28. The van der Waals surface area contributed by atoms with E-state index in [2.05, 4.69) is 5.32 Å². The molecule has 1 saturated heterocycles. The van der Waals surface area contributed by atoms with Crippen LogP contribution in [0.4, 0.5) is 8.78 Å². The number of nitrogens with zero attached hydrogens (tertiary/aromatic N) is 2. The van der Waals surface area contributed by atoms with Crippen molar-refractivity contribution in [3.8, 4) is 33.4 Å². The van der Waals surface area contributed by atoms with E-state index in [1.807, 2.05) is 17.9 Å². The van der Waals surface area contributed by atoms with E-state index in [1.165, 1.54) is 42.7 Å². The molecule has 8 heteroatoms. The van der Waals surface area contributed by atoms with E-state index in [4.69, 9.17) is 10.00 Å². The van der Waals surface area contributed by atoms with Crippen LogP contribution in [0.5, 0.6) is 5.75 Å². The summed E-state index contributed by atoms with van der Waals surface area (Å²) in [5.41, 5.74) is 1.62. The highest BCUT2D eigenvalue weighted by Gasteiger charge is 2.26. The molecule has 5 nitrogen and oxygen atoms in total. The third kappa shape index (κ3) is 4.61. The van der Waals surface area contributed by atoms with Crippen molar-refractivity contribution < 1.29 is 18.3 Å². The average molecular weight is 468 g/mol. The van der Waals surface area contributed by atoms with Gasteiger partial charge in [0, 0.05) is 29.6 Å². The standard InChI is InChI=1S/C25H23F2N3O2S/c1-15-14-29-8-3-9-30(15)25(31)23-12-19(16-4-5-18(13-28)20(26)10-16)24(33-23)17-6-7-22(32-2)21(27)11-17/h4-7,10-12,15,29H,3,8-9,14H2,1-2H3/t15-/m1/s1. The molecule has 2 aromatic carbocycles. The van der Waals surface area contributed by atoms with Crippen molar-refractivity contribution in [3.05, 3.63) is 64.5 Å². The lowest BCUT2D eigenvalue weighted by Gasteiger charge is -2.26. The second kappa shape index (κ2) is 9.69. The summed E-state index contributed by atoms with van der Waals surface area (Å²) in [4.78, 5) is 16.4. The van der Waals surface area contributed by atoms with E-state index in [0.717, 1.165) is 13.0 Å². The van der Waals surface area contributed by atoms with Gasteiger partial charge >= 0.3 is 0 Å². The molecule has 0 unspecified atom stereocenters. The molecule has 0 bridgehead atoms. The van der Waals surface area contributed by atoms with Crippen molar-refractivity contribution in [3.63, 3.8) is 0 Å². The van der Waals surface area contributed by atoms with Crippen LogP contribution in [0.15, 0.2) is 42.5 Å². The Morgan fingerprint density at radius 2 is 1.94 bits per heavy atom. The number of benzene rings is 2. The number of methoxy groups -OCH3 is 1. The van der Waals surface area contributed by atoms with E-state index in [-0.39, 0.29) is 23.3 Å². The van der Waals surface area contributed by atoms with Crippen molar-refractivity contribution in [2.75, 3.05) is 26.7 Å². The van der Waals surface area contributed by atoms with Gasteiger partial charge in [-0.05, 0) is 67.4 Å². The van der Waals surface area contributed by atoms with Gasteiger partial charge in [-0.15, -0.1) is 11.3 Å². The highest BCUT2D eigenvalue weighted by molar-refractivity contribution is 7.18. The second-order valence-electron chi connectivity index (χ2n) is 7.91. The number of ether oxygens (including phenoxy) is 1. The van der Waals surface area contributed by atoms with E-state index in [1.54, 1.807) is 18.2 Å². The number of amides is 1. The van der Waals surface area contributed by atoms with Gasteiger partial charge in [-0.3, -0.25) is 4.79 Å². The Morgan fingerprint density at radius 3 is 2.64 bits per heavy atom. The number of nitriles is 1. The molecule has 1 N–H and O–H groups in total. The molecule has 0 spiro atoms. The van der Waals surface area contributed by atoms with Crippen molar-refractivity contribution in [2.24, 2.45) is 0 Å². The van der Waals surface area contributed by atoms with Crippen LogP contribution in [-0.2, 0) is 0 Å². The molecule has 3 aromatic rings.